The van der Waals surface area contributed by atoms with Crippen molar-refractivity contribution in [3.63, 3.8) is 0 Å². The van der Waals surface area contributed by atoms with Gasteiger partial charge in [-0.3, -0.25) is 9.20 Å². The summed E-state index contributed by atoms with van der Waals surface area (Å²) in [5, 5.41) is 18.0. The van der Waals surface area contributed by atoms with Crippen molar-refractivity contribution in [3.05, 3.63) is 111 Å². The number of halogens is 1. The van der Waals surface area contributed by atoms with E-state index in [4.69, 9.17) is 4.74 Å². The first-order chi connectivity index (χ1) is 21.8. The highest BCUT2D eigenvalue weighted by Gasteiger charge is 2.30. The number of imidazole rings is 1. The molecule has 1 aliphatic carbocycles. The van der Waals surface area contributed by atoms with E-state index in [1.165, 1.54) is 0 Å². The molecule has 0 aliphatic heterocycles. The number of hydrogen-bond donors (Lipinski definition) is 4. The number of alkyl carbamates (subject to hydrolysis) is 1. The highest BCUT2D eigenvalue weighted by molar-refractivity contribution is 14.1. The van der Waals surface area contributed by atoms with Gasteiger partial charge in [0.2, 0.25) is 0 Å². The molecule has 4 N–H and O–H groups in total. The quantitative estimate of drug-likeness (QED) is 0.141. The maximum absolute atomic E-state index is 13.1. The first kappa shape index (κ1) is 30.1. The van der Waals surface area contributed by atoms with Crippen LogP contribution < -0.4 is 16.0 Å². The third-order valence-electron chi connectivity index (χ3n) is 7.78. The van der Waals surface area contributed by atoms with E-state index in [-0.39, 0.29) is 19.1 Å². The van der Waals surface area contributed by atoms with Crippen LogP contribution in [0.5, 0.6) is 0 Å². The Morgan fingerprint density at radius 3 is 2.42 bits per heavy atom. The number of carboxylic acids is 1. The highest BCUT2D eigenvalue weighted by atomic mass is 127. The van der Waals surface area contributed by atoms with Gasteiger partial charge in [-0.25, -0.2) is 19.6 Å². The molecule has 0 unspecified atom stereocenters. The molecule has 228 valence electrons. The molecule has 2 amide bonds. The Bertz CT molecular complexity index is 1880. The van der Waals surface area contributed by atoms with E-state index in [0.717, 1.165) is 37.2 Å². The van der Waals surface area contributed by atoms with E-state index in [1.807, 2.05) is 72.1 Å². The molecule has 45 heavy (non-hydrogen) atoms. The largest absolute Gasteiger partial charge is 0.480 e. The van der Waals surface area contributed by atoms with Crippen molar-refractivity contribution in [2.24, 2.45) is 0 Å². The maximum atomic E-state index is 13.1. The first-order valence-electron chi connectivity index (χ1n) is 14.3. The van der Waals surface area contributed by atoms with Crippen molar-refractivity contribution in [3.8, 4) is 11.1 Å². The molecule has 11 nitrogen and oxygen atoms in total. The minimum Gasteiger partial charge on any atom is -0.480 e. The van der Waals surface area contributed by atoms with Gasteiger partial charge < -0.3 is 25.8 Å². The Labute approximate surface area is 272 Å². The van der Waals surface area contributed by atoms with Crippen LogP contribution in [0.4, 0.5) is 16.3 Å². The second kappa shape index (κ2) is 12.9. The fraction of sp³-hybridized carbons (Fsp3) is 0.182. The number of aryl methyl sites for hydroxylation is 1. The molecule has 0 spiro atoms. The Morgan fingerprint density at radius 1 is 1.02 bits per heavy atom. The fourth-order valence-electron chi connectivity index (χ4n) is 5.57. The van der Waals surface area contributed by atoms with Crippen LogP contribution in [-0.2, 0) is 16.0 Å². The average Bonchev–Trinajstić information content (AvgIpc) is 3.59. The number of aromatic nitrogens is 3. The fourth-order valence-corrected chi connectivity index (χ4v) is 6.10. The van der Waals surface area contributed by atoms with Crippen molar-refractivity contribution in [2.75, 3.05) is 18.5 Å². The maximum Gasteiger partial charge on any atom is 0.407 e. The van der Waals surface area contributed by atoms with Gasteiger partial charge in [-0.15, -0.1) is 0 Å². The Balaban J connectivity index is 1.07. The molecule has 2 heterocycles. The predicted octanol–water partition coefficient (Wildman–Crippen LogP) is 5.36. The van der Waals surface area contributed by atoms with E-state index in [9.17, 15) is 19.5 Å². The summed E-state index contributed by atoms with van der Waals surface area (Å²) in [6.45, 7) is 1.64. The van der Waals surface area contributed by atoms with E-state index in [0.29, 0.717) is 23.4 Å². The zero-order chi connectivity index (χ0) is 31.5. The number of fused-ring (bicyclic) bond motifs is 4. The number of nitrogens with zero attached hydrogens (tertiary/aromatic N) is 3. The number of ether oxygens (including phenoxy) is 1. The number of anilines is 2. The van der Waals surface area contributed by atoms with E-state index in [2.05, 4.69) is 48.5 Å². The second-order valence-corrected chi connectivity index (χ2v) is 11.6. The molecule has 0 radical (unpaired) electrons. The number of carbonyl (C=O) groups is 3. The standard InChI is InChI=1S/C33H29IN6O5/c1-2-19-15-20(38-29-30-36-17-28(34)40(30)14-13-35-29)11-12-21(19)31(41)37-16-27(32(42)43)39-33(44)45-18-26-24-9-5-3-7-22(24)23-8-4-6-10-25(23)26/h3-15,17,26-27H,2,16,18H2,1H3,(H,35,38)(H,37,41)(H,39,44)(H,42,43)/t27-/m1/s1. The summed E-state index contributed by atoms with van der Waals surface area (Å²) in [7, 11) is 0. The lowest BCUT2D eigenvalue weighted by Crippen LogP contribution is -2.48. The van der Waals surface area contributed by atoms with Gasteiger partial charge in [0, 0.05) is 36.1 Å². The number of hydrogen-bond acceptors (Lipinski definition) is 7. The average molecular weight is 717 g/mol. The minimum atomic E-state index is -1.39. The Morgan fingerprint density at radius 2 is 1.73 bits per heavy atom. The smallest absolute Gasteiger partial charge is 0.407 e. The topological polar surface area (TPSA) is 147 Å². The normalized spacial score (nSPS) is 12.7. The van der Waals surface area contributed by atoms with Gasteiger partial charge in [-0.05, 0) is 75.0 Å². The van der Waals surface area contributed by atoms with Gasteiger partial charge in [0.1, 0.15) is 16.3 Å². The van der Waals surface area contributed by atoms with Crippen molar-refractivity contribution >= 4 is 57.7 Å². The number of rotatable bonds is 10. The molecule has 12 heteroatoms. The zero-order valence-corrected chi connectivity index (χ0v) is 26.3. The monoisotopic (exact) mass is 716 g/mol. The SMILES string of the molecule is CCc1cc(Nc2nccn3c(I)cnc23)ccc1C(=O)NC[C@@H](NC(=O)OCC1c2ccccc2-c2ccccc21)C(=O)O. The molecule has 0 bridgehead atoms. The molecule has 3 aromatic carbocycles. The first-order valence-corrected chi connectivity index (χ1v) is 15.4. The van der Waals surface area contributed by atoms with Gasteiger partial charge in [-0.2, -0.15) is 0 Å². The third-order valence-corrected chi connectivity index (χ3v) is 8.58. The van der Waals surface area contributed by atoms with Crippen molar-refractivity contribution < 1.29 is 24.2 Å². The summed E-state index contributed by atoms with van der Waals surface area (Å²) in [6, 6.07) is 19.7. The number of carbonyl (C=O) groups excluding carboxylic acids is 2. The lowest BCUT2D eigenvalue weighted by molar-refractivity contribution is -0.139. The van der Waals surface area contributed by atoms with Gasteiger partial charge in [0.15, 0.2) is 11.5 Å². The summed E-state index contributed by atoms with van der Waals surface area (Å²) in [5.41, 5.74) is 6.81. The summed E-state index contributed by atoms with van der Waals surface area (Å²) in [5.74, 6) is -1.34. The Hall–Kier alpha value is -4.98. The molecule has 0 saturated carbocycles. The second-order valence-electron chi connectivity index (χ2n) is 10.5. The summed E-state index contributed by atoms with van der Waals surface area (Å²) < 4.78 is 8.35. The van der Waals surface area contributed by atoms with Crippen LogP contribution >= 0.6 is 22.6 Å². The number of nitrogens with one attached hydrogen (secondary N) is 3. The molecule has 1 aliphatic rings. The molecule has 1 atom stereocenters. The van der Waals surface area contributed by atoms with Crippen LogP contribution in [0.25, 0.3) is 16.8 Å². The zero-order valence-electron chi connectivity index (χ0n) is 24.2. The third kappa shape index (κ3) is 6.18. The number of benzene rings is 3. The molecule has 5 aromatic rings. The van der Waals surface area contributed by atoms with Crippen LogP contribution in [-0.4, -0.2) is 56.6 Å². The molecule has 2 aromatic heterocycles. The minimum absolute atomic E-state index is 0.0443. The molecular formula is C33H29IN6O5. The number of amides is 2. The van der Waals surface area contributed by atoms with E-state index >= 15 is 0 Å². The summed E-state index contributed by atoms with van der Waals surface area (Å²) in [4.78, 5) is 46.6. The van der Waals surface area contributed by atoms with Crippen molar-refractivity contribution in [1.29, 1.82) is 0 Å². The predicted molar refractivity (Wildman–Crippen MR) is 177 cm³/mol. The number of carboxylic acid groups (broad SMARTS) is 1. The van der Waals surface area contributed by atoms with Crippen LogP contribution in [0.2, 0.25) is 0 Å². The van der Waals surface area contributed by atoms with Crippen LogP contribution in [0.15, 0.2) is 85.3 Å². The Kier molecular flexibility index (Phi) is 8.65. The van der Waals surface area contributed by atoms with Gasteiger partial charge in [0.05, 0.1) is 6.20 Å². The summed E-state index contributed by atoms with van der Waals surface area (Å²) in [6.07, 6.45) is 4.93. The highest BCUT2D eigenvalue weighted by Crippen LogP contribution is 2.44. The van der Waals surface area contributed by atoms with E-state index in [1.54, 1.807) is 24.5 Å². The molecule has 0 saturated heterocycles. The van der Waals surface area contributed by atoms with Gasteiger partial charge >= 0.3 is 12.1 Å². The molecule has 0 fully saturated rings. The van der Waals surface area contributed by atoms with Crippen LogP contribution in [0.3, 0.4) is 0 Å². The molecule has 6 rings (SSSR count). The van der Waals surface area contributed by atoms with E-state index < -0.39 is 24.0 Å². The van der Waals surface area contributed by atoms with Crippen LogP contribution in [0.1, 0.15) is 39.9 Å². The van der Waals surface area contributed by atoms with Gasteiger partial charge in [-0.1, -0.05) is 55.5 Å². The molecular weight excluding hydrogens is 687 g/mol. The van der Waals surface area contributed by atoms with Crippen LogP contribution in [0, 0.1) is 3.70 Å². The van der Waals surface area contributed by atoms with Crippen molar-refractivity contribution in [1.82, 2.24) is 25.0 Å². The van der Waals surface area contributed by atoms with Crippen molar-refractivity contribution in [2.45, 2.75) is 25.3 Å². The lowest BCUT2D eigenvalue weighted by atomic mass is 9.98. The lowest BCUT2D eigenvalue weighted by Gasteiger charge is -2.18. The number of aliphatic carboxylic acids is 1. The van der Waals surface area contributed by atoms with Gasteiger partial charge in [0.25, 0.3) is 5.91 Å². The summed E-state index contributed by atoms with van der Waals surface area (Å²) >= 11 is 2.19.